The van der Waals surface area contributed by atoms with E-state index in [2.05, 4.69) is 18.9 Å². The molecule has 2 nitrogen and oxygen atoms in total. The van der Waals surface area contributed by atoms with Crippen LogP contribution in [0.5, 0.6) is 0 Å². The number of nitrogens with zero attached hydrogens (tertiary/aromatic N) is 1. The normalized spacial score (nSPS) is 25.1. The van der Waals surface area contributed by atoms with E-state index in [1.807, 2.05) is 13.8 Å². The number of aliphatic hydroxyl groups excluding tert-OH is 1. The first-order valence-corrected chi connectivity index (χ1v) is 7.09. The molecular formula is C14H31NO. The lowest BCUT2D eigenvalue weighted by Gasteiger charge is -2.34. The van der Waals surface area contributed by atoms with Crippen LogP contribution in [0.4, 0.5) is 0 Å². The number of rotatable bonds is 5. The second kappa shape index (κ2) is 10.1. The summed E-state index contributed by atoms with van der Waals surface area (Å²) in [6.45, 7) is 7.42. The Kier molecular flexibility index (Phi) is 10.0. The molecule has 98 valence electrons. The molecule has 0 heterocycles. The molecule has 0 aliphatic heterocycles. The average Bonchev–Trinajstić information content (AvgIpc) is 2.33. The Labute approximate surface area is 102 Å². The third-order valence-electron chi connectivity index (χ3n) is 3.59. The standard InChI is InChI=1S/C12H25NO.C2H6/c1-3-4-11-5-7-12(8-6-11)13(2)9-10-14;1-2/h11-12,14H,3-10H2,1-2H3;1-2H3. The van der Waals surface area contributed by atoms with Crippen molar-refractivity contribution in [1.82, 2.24) is 4.90 Å². The highest BCUT2D eigenvalue weighted by Gasteiger charge is 2.22. The minimum absolute atomic E-state index is 0.297. The monoisotopic (exact) mass is 229 g/mol. The molecule has 0 aromatic carbocycles. The topological polar surface area (TPSA) is 23.5 Å². The van der Waals surface area contributed by atoms with Gasteiger partial charge in [-0.15, -0.1) is 0 Å². The number of aliphatic hydroxyl groups is 1. The highest BCUT2D eigenvalue weighted by atomic mass is 16.3. The van der Waals surface area contributed by atoms with Gasteiger partial charge in [0.1, 0.15) is 0 Å². The summed E-state index contributed by atoms with van der Waals surface area (Å²) in [4.78, 5) is 2.32. The highest BCUT2D eigenvalue weighted by molar-refractivity contribution is 4.77. The van der Waals surface area contributed by atoms with Gasteiger partial charge in [-0.1, -0.05) is 33.6 Å². The largest absolute Gasteiger partial charge is 0.395 e. The van der Waals surface area contributed by atoms with Gasteiger partial charge in [0, 0.05) is 12.6 Å². The van der Waals surface area contributed by atoms with Crippen molar-refractivity contribution < 1.29 is 5.11 Å². The van der Waals surface area contributed by atoms with Gasteiger partial charge in [-0.05, 0) is 38.6 Å². The molecule has 0 aromatic rings. The molecule has 0 bridgehead atoms. The zero-order valence-corrected chi connectivity index (χ0v) is 11.7. The van der Waals surface area contributed by atoms with Crippen LogP contribution in [-0.2, 0) is 0 Å². The predicted octanol–water partition coefficient (Wildman–Crippen LogP) is 3.30. The SMILES string of the molecule is CC.CCCC1CCC(N(C)CCO)CC1. The van der Waals surface area contributed by atoms with Gasteiger partial charge in [0.05, 0.1) is 6.61 Å². The van der Waals surface area contributed by atoms with Crippen molar-refractivity contribution in [3.8, 4) is 0 Å². The van der Waals surface area contributed by atoms with Crippen LogP contribution >= 0.6 is 0 Å². The Balaban J connectivity index is 0.00000106. The first-order chi connectivity index (χ1) is 7.77. The predicted molar refractivity (Wildman–Crippen MR) is 71.7 cm³/mol. The average molecular weight is 229 g/mol. The van der Waals surface area contributed by atoms with Crippen LogP contribution in [0.3, 0.4) is 0 Å². The van der Waals surface area contributed by atoms with Crippen LogP contribution in [-0.4, -0.2) is 36.2 Å². The Morgan fingerprint density at radius 1 is 1.12 bits per heavy atom. The maximum atomic E-state index is 8.86. The van der Waals surface area contributed by atoms with Crippen molar-refractivity contribution in [2.75, 3.05) is 20.2 Å². The van der Waals surface area contributed by atoms with E-state index in [0.717, 1.165) is 18.5 Å². The van der Waals surface area contributed by atoms with E-state index in [-0.39, 0.29) is 0 Å². The van der Waals surface area contributed by atoms with Crippen molar-refractivity contribution in [2.45, 2.75) is 65.3 Å². The summed E-state index contributed by atoms with van der Waals surface area (Å²) in [5, 5.41) is 8.86. The molecule has 0 amide bonds. The van der Waals surface area contributed by atoms with Crippen LogP contribution in [0.25, 0.3) is 0 Å². The fraction of sp³-hybridized carbons (Fsp3) is 1.00. The second-order valence-corrected chi connectivity index (χ2v) is 4.67. The Morgan fingerprint density at radius 3 is 2.12 bits per heavy atom. The number of hydrogen-bond donors (Lipinski definition) is 1. The molecule has 1 fully saturated rings. The summed E-state index contributed by atoms with van der Waals surface area (Å²) in [5.74, 6) is 0.985. The van der Waals surface area contributed by atoms with Gasteiger partial charge in [-0.2, -0.15) is 0 Å². The van der Waals surface area contributed by atoms with Crippen molar-refractivity contribution in [3.05, 3.63) is 0 Å². The first-order valence-electron chi connectivity index (χ1n) is 7.09. The third-order valence-corrected chi connectivity index (χ3v) is 3.59. The maximum Gasteiger partial charge on any atom is 0.0558 e. The second-order valence-electron chi connectivity index (χ2n) is 4.67. The van der Waals surface area contributed by atoms with Crippen LogP contribution < -0.4 is 0 Å². The van der Waals surface area contributed by atoms with Gasteiger partial charge in [0.2, 0.25) is 0 Å². The number of likely N-dealkylation sites (N-methyl/N-ethyl adjacent to an activating group) is 1. The summed E-state index contributed by atoms with van der Waals surface area (Å²) in [6, 6.07) is 0.732. The fourth-order valence-corrected chi connectivity index (χ4v) is 2.62. The maximum absolute atomic E-state index is 8.86. The molecular weight excluding hydrogens is 198 g/mol. The summed E-state index contributed by atoms with van der Waals surface area (Å²) in [7, 11) is 2.14. The summed E-state index contributed by atoms with van der Waals surface area (Å²) in [5.41, 5.74) is 0. The van der Waals surface area contributed by atoms with Crippen molar-refractivity contribution in [2.24, 2.45) is 5.92 Å². The quantitative estimate of drug-likeness (QED) is 0.782. The molecule has 1 N–H and O–H groups in total. The molecule has 0 radical (unpaired) electrons. The van der Waals surface area contributed by atoms with Crippen LogP contribution in [0.1, 0.15) is 59.3 Å². The molecule has 0 atom stereocenters. The van der Waals surface area contributed by atoms with E-state index >= 15 is 0 Å². The molecule has 1 aliphatic rings. The zero-order chi connectivity index (χ0) is 12.4. The van der Waals surface area contributed by atoms with Gasteiger partial charge in [0.25, 0.3) is 0 Å². The van der Waals surface area contributed by atoms with Crippen LogP contribution in [0.2, 0.25) is 0 Å². The van der Waals surface area contributed by atoms with Gasteiger partial charge < -0.3 is 10.0 Å². The molecule has 1 saturated carbocycles. The van der Waals surface area contributed by atoms with Gasteiger partial charge in [0.15, 0.2) is 0 Å². The van der Waals surface area contributed by atoms with Crippen LogP contribution in [0.15, 0.2) is 0 Å². The Hall–Kier alpha value is -0.0800. The molecule has 0 spiro atoms. The fourth-order valence-electron chi connectivity index (χ4n) is 2.62. The molecule has 0 aromatic heterocycles. The van der Waals surface area contributed by atoms with Gasteiger partial charge in [-0.25, -0.2) is 0 Å². The molecule has 2 heteroatoms. The van der Waals surface area contributed by atoms with E-state index < -0.39 is 0 Å². The summed E-state index contributed by atoms with van der Waals surface area (Å²) >= 11 is 0. The van der Waals surface area contributed by atoms with E-state index in [1.165, 1.54) is 38.5 Å². The summed E-state index contributed by atoms with van der Waals surface area (Å²) < 4.78 is 0. The van der Waals surface area contributed by atoms with Crippen molar-refractivity contribution >= 4 is 0 Å². The lowest BCUT2D eigenvalue weighted by Crippen LogP contribution is -2.36. The smallest absolute Gasteiger partial charge is 0.0558 e. The molecule has 16 heavy (non-hydrogen) atoms. The van der Waals surface area contributed by atoms with Crippen LogP contribution in [0, 0.1) is 5.92 Å². The molecule has 1 aliphatic carbocycles. The Bertz CT molecular complexity index is 142. The molecule has 0 unspecified atom stereocenters. The van der Waals surface area contributed by atoms with Gasteiger partial charge in [-0.3, -0.25) is 0 Å². The molecule has 0 saturated heterocycles. The van der Waals surface area contributed by atoms with Gasteiger partial charge >= 0.3 is 0 Å². The first kappa shape index (κ1) is 15.9. The van der Waals surface area contributed by atoms with E-state index in [9.17, 15) is 0 Å². The van der Waals surface area contributed by atoms with E-state index in [0.29, 0.717) is 6.61 Å². The minimum atomic E-state index is 0.297. The zero-order valence-electron chi connectivity index (χ0n) is 11.7. The number of hydrogen-bond acceptors (Lipinski definition) is 2. The van der Waals surface area contributed by atoms with E-state index in [1.54, 1.807) is 0 Å². The highest BCUT2D eigenvalue weighted by Crippen LogP contribution is 2.29. The lowest BCUT2D eigenvalue weighted by atomic mass is 9.83. The lowest BCUT2D eigenvalue weighted by molar-refractivity contribution is 0.134. The van der Waals surface area contributed by atoms with E-state index in [4.69, 9.17) is 5.11 Å². The summed E-state index contributed by atoms with van der Waals surface area (Å²) in [6.07, 6.45) is 8.21. The van der Waals surface area contributed by atoms with Crippen molar-refractivity contribution in [1.29, 1.82) is 0 Å². The van der Waals surface area contributed by atoms with Crippen molar-refractivity contribution in [3.63, 3.8) is 0 Å². The molecule has 1 rings (SSSR count). The Morgan fingerprint density at radius 2 is 1.69 bits per heavy atom. The third kappa shape index (κ3) is 5.86. The minimum Gasteiger partial charge on any atom is -0.395 e.